The number of carbonyl (C=O) groups is 2. The molecule has 0 fully saturated rings. The van der Waals surface area contributed by atoms with Crippen LogP contribution in [0.25, 0.3) is 31.8 Å². The number of hydrogen-bond donors (Lipinski definition) is 1. The molecule has 3 heterocycles. The van der Waals surface area contributed by atoms with E-state index in [1.165, 1.54) is 27.2 Å². The summed E-state index contributed by atoms with van der Waals surface area (Å²) < 4.78 is 6.81. The normalized spacial score (nSPS) is 10.9. The van der Waals surface area contributed by atoms with Gasteiger partial charge in [-0.05, 0) is 24.1 Å². The summed E-state index contributed by atoms with van der Waals surface area (Å²) >= 11 is 3.87. The van der Waals surface area contributed by atoms with Crippen LogP contribution in [0.5, 0.6) is 0 Å². The van der Waals surface area contributed by atoms with Gasteiger partial charge in [0.25, 0.3) is 5.56 Å². The fourth-order valence-electron chi connectivity index (χ4n) is 4.12. The van der Waals surface area contributed by atoms with Gasteiger partial charge in [-0.3, -0.25) is 14.2 Å². The van der Waals surface area contributed by atoms with Gasteiger partial charge in [-0.15, -0.1) is 29.3 Å². The van der Waals surface area contributed by atoms with Gasteiger partial charge in [0.15, 0.2) is 5.16 Å². The molecule has 1 N–H and O–H groups in total. The van der Waals surface area contributed by atoms with Crippen molar-refractivity contribution in [3.05, 3.63) is 101 Å². The second-order valence-corrected chi connectivity index (χ2v) is 11.4. The SMILES string of the molecule is C=CCn1c(SCC(=O)Nc2scc(-c3ccccc3)c2C(=O)OCC)nc2sc(-c3ccccc3)cc2c1=O. The Balaban J connectivity index is 1.40. The zero-order chi connectivity index (χ0) is 28.1. The Hall–Kier alpha value is -3.99. The Bertz CT molecular complexity index is 1740. The van der Waals surface area contributed by atoms with E-state index in [0.717, 1.165) is 27.8 Å². The largest absolute Gasteiger partial charge is 0.462 e. The summed E-state index contributed by atoms with van der Waals surface area (Å²) in [5.74, 6) is -0.829. The molecular weight excluding hydrogens is 563 g/mol. The minimum Gasteiger partial charge on any atom is -0.462 e. The number of fused-ring (bicyclic) bond motifs is 1. The molecule has 2 aromatic carbocycles. The Morgan fingerprint density at radius 2 is 1.80 bits per heavy atom. The third-order valence-electron chi connectivity index (χ3n) is 5.93. The molecule has 40 heavy (non-hydrogen) atoms. The smallest absolute Gasteiger partial charge is 0.341 e. The van der Waals surface area contributed by atoms with Crippen molar-refractivity contribution in [2.75, 3.05) is 17.7 Å². The Labute approximate surface area is 243 Å². The van der Waals surface area contributed by atoms with Gasteiger partial charge in [-0.1, -0.05) is 78.5 Å². The first-order valence-corrected chi connectivity index (χ1v) is 15.2. The molecule has 5 aromatic rings. The van der Waals surface area contributed by atoms with E-state index in [1.807, 2.05) is 72.1 Å². The number of esters is 1. The van der Waals surface area contributed by atoms with Crippen LogP contribution >= 0.6 is 34.4 Å². The summed E-state index contributed by atoms with van der Waals surface area (Å²) in [5, 5.41) is 6.08. The molecule has 10 heteroatoms. The number of amides is 1. The van der Waals surface area contributed by atoms with Crippen LogP contribution in [0, 0.1) is 0 Å². The molecule has 0 aliphatic carbocycles. The standard InChI is InChI=1S/C30H25N3O4S3/c1-3-15-33-28(35)21-16-23(20-13-9-6-10-14-20)40-26(21)32-30(33)39-18-24(34)31-27-25(29(36)37-4-2)22(17-38-27)19-11-7-5-8-12-19/h3,5-14,16-17H,1,4,15,18H2,2H3,(H,31,34). The van der Waals surface area contributed by atoms with Crippen LogP contribution in [0.1, 0.15) is 17.3 Å². The van der Waals surface area contributed by atoms with Gasteiger partial charge < -0.3 is 10.1 Å². The highest BCUT2D eigenvalue weighted by molar-refractivity contribution is 7.99. The summed E-state index contributed by atoms with van der Waals surface area (Å²) in [5.41, 5.74) is 2.71. The van der Waals surface area contributed by atoms with Crippen LogP contribution in [0.15, 0.2) is 94.7 Å². The van der Waals surface area contributed by atoms with E-state index < -0.39 is 5.97 Å². The molecular formula is C30H25N3O4S3. The van der Waals surface area contributed by atoms with Crippen molar-refractivity contribution in [1.29, 1.82) is 0 Å². The van der Waals surface area contributed by atoms with Crippen molar-refractivity contribution >= 4 is 61.5 Å². The quantitative estimate of drug-likeness (QED) is 0.0823. The van der Waals surface area contributed by atoms with Crippen LogP contribution in [-0.2, 0) is 16.1 Å². The van der Waals surface area contributed by atoms with E-state index in [-0.39, 0.29) is 30.4 Å². The van der Waals surface area contributed by atoms with Crippen molar-refractivity contribution in [3.63, 3.8) is 0 Å². The number of anilines is 1. The molecule has 202 valence electrons. The first kappa shape index (κ1) is 27.6. The summed E-state index contributed by atoms with van der Waals surface area (Å²) in [7, 11) is 0. The zero-order valence-electron chi connectivity index (χ0n) is 21.6. The average Bonchev–Trinajstić information content (AvgIpc) is 3.59. The molecule has 1 amide bonds. The van der Waals surface area contributed by atoms with Gasteiger partial charge in [-0.2, -0.15) is 0 Å². The molecule has 0 spiro atoms. The molecule has 0 saturated heterocycles. The van der Waals surface area contributed by atoms with Crippen molar-refractivity contribution in [1.82, 2.24) is 9.55 Å². The average molecular weight is 588 g/mol. The highest BCUT2D eigenvalue weighted by Gasteiger charge is 2.23. The van der Waals surface area contributed by atoms with Gasteiger partial charge in [0, 0.05) is 22.4 Å². The number of rotatable bonds is 10. The van der Waals surface area contributed by atoms with Crippen molar-refractivity contribution in [2.24, 2.45) is 0 Å². The van der Waals surface area contributed by atoms with E-state index in [9.17, 15) is 14.4 Å². The second-order valence-electron chi connectivity index (χ2n) is 8.57. The Kier molecular flexibility index (Phi) is 8.59. The third-order valence-corrected chi connectivity index (χ3v) is 8.88. The number of thiophene rings is 2. The summed E-state index contributed by atoms with van der Waals surface area (Å²) in [6.45, 7) is 6.00. The van der Waals surface area contributed by atoms with Crippen molar-refractivity contribution < 1.29 is 14.3 Å². The van der Waals surface area contributed by atoms with E-state index in [1.54, 1.807) is 13.0 Å². The number of hydrogen-bond acceptors (Lipinski definition) is 8. The van der Waals surface area contributed by atoms with Crippen LogP contribution < -0.4 is 10.9 Å². The van der Waals surface area contributed by atoms with Gasteiger partial charge in [0.2, 0.25) is 5.91 Å². The number of carbonyl (C=O) groups excluding carboxylic acids is 2. The fourth-order valence-corrected chi connectivity index (χ4v) is 6.98. The molecule has 7 nitrogen and oxygen atoms in total. The minimum absolute atomic E-state index is 0.00710. The minimum atomic E-state index is -0.496. The number of allylic oxidation sites excluding steroid dienone is 1. The first-order valence-electron chi connectivity index (χ1n) is 12.5. The molecule has 0 unspecified atom stereocenters. The molecule has 3 aromatic heterocycles. The zero-order valence-corrected chi connectivity index (χ0v) is 24.0. The van der Waals surface area contributed by atoms with Crippen molar-refractivity contribution in [2.45, 2.75) is 18.6 Å². The first-order chi connectivity index (χ1) is 19.5. The van der Waals surface area contributed by atoms with Crippen molar-refractivity contribution in [3.8, 4) is 21.6 Å². The summed E-state index contributed by atoms with van der Waals surface area (Å²) in [4.78, 5) is 45.6. The number of aromatic nitrogens is 2. The highest BCUT2D eigenvalue weighted by Crippen LogP contribution is 2.37. The number of thioether (sulfide) groups is 1. The van der Waals surface area contributed by atoms with Gasteiger partial charge in [0.1, 0.15) is 15.4 Å². The third kappa shape index (κ3) is 5.79. The van der Waals surface area contributed by atoms with E-state index >= 15 is 0 Å². The molecule has 0 aliphatic rings. The lowest BCUT2D eigenvalue weighted by Crippen LogP contribution is -2.23. The van der Waals surface area contributed by atoms with Crippen LogP contribution in [0.2, 0.25) is 0 Å². The van der Waals surface area contributed by atoms with Gasteiger partial charge in [-0.25, -0.2) is 9.78 Å². The number of benzene rings is 2. The maximum Gasteiger partial charge on any atom is 0.341 e. The van der Waals surface area contributed by atoms with Gasteiger partial charge >= 0.3 is 5.97 Å². The lowest BCUT2D eigenvalue weighted by atomic mass is 10.0. The number of ether oxygens (including phenoxy) is 1. The van der Waals surface area contributed by atoms with Crippen LogP contribution in [-0.4, -0.2) is 33.8 Å². The highest BCUT2D eigenvalue weighted by atomic mass is 32.2. The van der Waals surface area contributed by atoms with Gasteiger partial charge in [0.05, 0.1) is 17.7 Å². The maximum atomic E-state index is 13.4. The number of nitrogens with one attached hydrogen (secondary N) is 1. The topological polar surface area (TPSA) is 90.3 Å². The summed E-state index contributed by atoms with van der Waals surface area (Å²) in [6, 6.07) is 21.2. The van der Waals surface area contributed by atoms with Crippen LogP contribution in [0.3, 0.4) is 0 Å². The predicted molar refractivity (Wildman–Crippen MR) is 165 cm³/mol. The molecule has 0 bridgehead atoms. The Morgan fingerprint density at radius 3 is 2.48 bits per heavy atom. The molecule has 0 atom stereocenters. The molecule has 5 rings (SSSR count). The lowest BCUT2D eigenvalue weighted by Gasteiger charge is -2.11. The maximum absolute atomic E-state index is 13.4. The Morgan fingerprint density at radius 1 is 1.10 bits per heavy atom. The van der Waals surface area contributed by atoms with E-state index in [0.29, 0.717) is 31.5 Å². The fraction of sp³-hybridized carbons (Fsp3) is 0.133. The molecule has 0 aliphatic heterocycles. The summed E-state index contributed by atoms with van der Waals surface area (Å²) in [6.07, 6.45) is 1.63. The second kappa shape index (κ2) is 12.5. The molecule has 0 saturated carbocycles. The van der Waals surface area contributed by atoms with Crippen LogP contribution in [0.4, 0.5) is 5.00 Å². The van der Waals surface area contributed by atoms with E-state index in [4.69, 9.17) is 9.72 Å². The van der Waals surface area contributed by atoms with E-state index in [2.05, 4.69) is 11.9 Å². The predicted octanol–water partition coefficient (Wildman–Crippen LogP) is 6.95. The monoisotopic (exact) mass is 587 g/mol. The lowest BCUT2D eigenvalue weighted by molar-refractivity contribution is -0.113. The molecule has 0 radical (unpaired) electrons. The number of nitrogens with zero attached hydrogens (tertiary/aromatic N) is 2.